The first kappa shape index (κ1) is 16.8. The molecule has 0 saturated heterocycles. The lowest BCUT2D eigenvalue weighted by Gasteiger charge is -2.08. The van der Waals surface area contributed by atoms with Crippen LogP contribution in [-0.4, -0.2) is 18.2 Å². The number of hydrogen-bond acceptors (Lipinski definition) is 4. The van der Waals surface area contributed by atoms with E-state index in [4.69, 9.17) is 22.1 Å². The molecule has 3 N–H and O–H groups in total. The highest BCUT2D eigenvalue weighted by Crippen LogP contribution is 2.21. The average Bonchev–Trinajstić information content (AvgIpc) is 2.51. The molecule has 0 bridgehead atoms. The van der Waals surface area contributed by atoms with Gasteiger partial charge in [-0.15, -0.1) is 0 Å². The number of rotatable bonds is 5. The number of hydrogen-bond donors (Lipinski definition) is 2. The van der Waals surface area contributed by atoms with Gasteiger partial charge in [-0.05, 0) is 55.3 Å². The Morgan fingerprint density at radius 2 is 2.09 bits per heavy atom. The van der Waals surface area contributed by atoms with Crippen LogP contribution in [0.3, 0.4) is 0 Å². The zero-order valence-corrected chi connectivity index (χ0v) is 13.7. The summed E-state index contributed by atoms with van der Waals surface area (Å²) >= 11 is 5.87. The maximum atomic E-state index is 11.8. The molecule has 0 aliphatic heterocycles. The molecule has 6 heteroatoms. The number of nitrogen functional groups attached to an aromatic ring is 1. The number of nitrogens with two attached hydrogens (primary N) is 1. The first-order chi connectivity index (χ1) is 11.0. The summed E-state index contributed by atoms with van der Waals surface area (Å²) in [5.74, 6) is 0.267. The van der Waals surface area contributed by atoms with E-state index in [9.17, 15) is 4.79 Å². The van der Waals surface area contributed by atoms with Crippen molar-refractivity contribution in [2.24, 2.45) is 5.10 Å². The second-order valence-corrected chi connectivity index (χ2v) is 5.49. The van der Waals surface area contributed by atoms with Gasteiger partial charge in [0.05, 0.1) is 5.71 Å². The lowest BCUT2D eigenvalue weighted by atomic mass is 10.1. The molecule has 2 aromatic carbocycles. The fourth-order valence-corrected chi connectivity index (χ4v) is 2.15. The van der Waals surface area contributed by atoms with Crippen molar-refractivity contribution in [3.63, 3.8) is 0 Å². The predicted molar refractivity (Wildman–Crippen MR) is 92.9 cm³/mol. The summed E-state index contributed by atoms with van der Waals surface area (Å²) in [5, 5.41) is 4.67. The maximum Gasteiger partial charge on any atom is 0.277 e. The number of halogens is 1. The minimum absolute atomic E-state index is 0.129. The van der Waals surface area contributed by atoms with Crippen molar-refractivity contribution in [2.45, 2.75) is 13.8 Å². The Labute approximate surface area is 140 Å². The van der Waals surface area contributed by atoms with E-state index in [1.54, 1.807) is 37.3 Å². The Bertz CT molecular complexity index is 744. The molecule has 1 amide bonds. The molecule has 0 aliphatic rings. The molecule has 0 spiro atoms. The van der Waals surface area contributed by atoms with E-state index >= 15 is 0 Å². The standard InChI is InChI=1S/C17H18ClN3O2/c1-11-8-14(18)6-7-16(11)23-10-17(22)21-20-12(2)13-4-3-5-15(19)9-13/h3-9H,10,19H2,1-2H3,(H,21,22)/b20-12+. The Morgan fingerprint density at radius 1 is 1.30 bits per heavy atom. The van der Waals surface area contributed by atoms with E-state index in [1.165, 1.54) is 0 Å². The van der Waals surface area contributed by atoms with E-state index in [2.05, 4.69) is 10.5 Å². The number of carbonyl (C=O) groups excluding carboxylic acids is 1. The summed E-state index contributed by atoms with van der Waals surface area (Å²) in [6, 6.07) is 12.5. The van der Waals surface area contributed by atoms with Crippen molar-refractivity contribution in [3.8, 4) is 5.75 Å². The van der Waals surface area contributed by atoms with Gasteiger partial charge < -0.3 is 10.5 Å². The smallest absolute Gasteiger partial charge is 0.277 e. The van der Waals surface area contributed by atoms with Crippen LogP contribution in [0.1, 0.15) is 18.1 Å². The Kier molecular flexibility index (Phi) is 5.60. The molecule has 0 atom stereocenters. The maximum absolute atomic E-state index is 11.8. The largest absolute Gasteiger partial charge is 0.483 e. The molecule has 5 nitrogen and oxygen atoms in total. The van der Waals surface area contributed by atoms with Crippen LogP contribution in [0.25, 0.3) is 0 Å². The van der Waals surface area contributed by atoms with Crippen molar-refractivity contribution < 1.29 is 9.53 Å². The molecule has 2 rings (SSSR count). The fraction of sp³-hybridized carbons (Fsp3) is 0.176. The molecular formula is C17H18ClN3O2. The van der Waals surface area contributed by atoms with Gasteiger partial charge >= 0.3 is 0 Å². The fourth-order valence-electron chi connectivity index (χ4n) is 1.92. The third kappa shape index (κ3) is 5.00. The van der Waals surface area contributed by atoms with Gasteiger partial charge in [0.1, 0.15) is 5.75 Å². The van der Waals surface area contributed by atoms with Gasteiger partial charge in [-0.2, -0.15) is 5.10 Å². The van der Waals surface area contributed by atoms with Crippen LogP contribution in [0.4, 0.5) is 5.69 Å². The number of amides is 1. The summed E-state index contributed by atoms with van der Waals surface area (Å²) < 4.78 is 5.45. The number of hydrazone groups is 1. The second-order valence-electron chi connectivity index (χ2n) is 5.06. The molecule has 120 valence electrons. The zero-order chi connectivity index (χ0) is 16.8. The second kappa shape index (κ2) is 7.65. The van der Waals surface area contributed by atoms with Crippen LogP contribution in [0, 0.1) is 6.92 Å². The van der Waals surface area contributed by atoms with Gasteiger partial charge in [-0.25, -0.2) is 5.43 Å². The lowest BCUT2D eigenvalue weighted by Crippen LogP contribution is -2.25. The highest BCUT2D eigenvalue weighted by atomic mass is 35.5. The third-order valence-electron chi connectivity index (χ3n) is 3.15. The SMILES string of the molecule is C/C(=N\NC(=O)COc1ccc(Cl)cc1C)c1cccc(N)c1. The van der Waals surface area contributed by atoms with Crippen molar-refractivity contribution in [2.75, 3.05) is 12.3 Å². The first-order valence-corrected chi connectivity index (χ1v) is 7.41. The normalized spacial score (nSPS) is 11.2. The zero-order valence-electron chi connectivity index (χ0n) is 13.0. The highest BCUT2D eigenvalue weighted by Gasteiger charge is 2.05. The van der Waals surface area contributed by atoms with Crippen LogP contribution in [0.15, 0.2) is 47.6 Å². The molecule has 0 saturated carbocycles. The molecule has 0 fully saturated rings. The van der Waals surface area contributed by atoms with Crippen LogP contribution in [-0.2, 0) is 4.79 Å². The lowest BCUT2D eigenvalue weighted by molar-refractivity contribution is -0.123. The van der Waals surface area contributed by atoms with Crippen molar-refractivity contribution in [1.82, 2.24) is 5.43 Å². The van der Waals surface area contributed by atoms with Gasteiger partial charge in [0.25, 0.3) is 5.91 Å². The van der Waals surface area contributed by atoms with Gasteiger partial charge in [-0.3, -0.25) is 4.79 Å². The minimum Gasteiger partial charge on any atom is -0.483 e. The molecule has 0 heterocycles. The van der Waals surface area contributed by atoms with Crippen molar-refractivity contribution in [3.05, 3.63) is 58.6 Å². The molecular weight excluding hydrogens is 314 g/mol. The van der Waals surface area contributed by atoms with Gasteiger partial charge in [0.2, 0.25) is 0 Å². The van der Waals surface area contributed by atoms with Crippen LogP contribution in [0.5, 0.6) is 5.75 Å². The molecule has 0 unspecified atom stereocenters. The minimum atomic E-state index is -0.345. The summed E-state index contributed by atoms with van der Waals surface area (Å²) in [6.45, 7) is 3.52. The van der Waals surface area contributed by atoms with Gasteiger partial charge in [-0.1, -0.05) is 23.7 Å². The number of nitrogens with zero attached hydrogens (tertiary/aromatic N) is 1. The monoisotopic (exact) mass is 331 g/mol. The summed E-state index contributed by atoms with van der Waals surface area (Å²) in [4.78, 5) is 11.8. The highest BCUT2D eigenvalue weighted by molar-refractivity contribution is 6.30. The van der Waals surface area contributed by atoms with Crippen molar-refractivity contribution in [1.29, 1.82) is 0 Å². The number of benzene rings is 2. The van der Waals surface area contributed by atoms with Crippen molar-refractivity contribution >= 4 is 28.9 Å². The quantitative estimate of drug-likeness (QED) is 0.502. The summed E-state index contributed by atoms with van der Waals surface area (Å²) in [6.07, 6.45) is 0. The van der Waals surface area contributed by atoms with E-state index in [0.29, 0.717) is 22.2 Å². The predicted octanol–water partition coefficient (Wildman–Crippen LogP) is 3.15. The van der Waals surface area contributed by atoms with Gasteiger partial charge in [0, 0.05) is 10.7 Å². The first-order valence-electron chi connectivity index (χ1n) is 7.03. The van der Waals surface area contributed by atoms with E-state index in [-0.39, 0.29) is 12.5 Å². The number of anilines is 1. The Hall–Kier alpha value is -2.53. The molecule has 0 aliphatic carbocycles. The number of aryl methyl sites for hydroxylation is 1. The molecule has 0 aromatic heterocycles. The Balaban J connectivity index is 1.90. The Morgan fingerprint density at radius 3 is 2.78 bits per heavy atom. The van der Waals surface area contributed by atoms with E-state index in [1.807, 2.05) is 19.1 Å². The number of ether oxygens (including phenoxy) is 1. The van der Waals surface area contributed by atoms with Crippen LogP contribution >= 0.6 is 11.6 Å². The summed E-state index contributed by atoms with van der Waals surface area (Å²) in [5.41, 5.74) is 11.2. The van der Waals surface area contributed by atoms with E-state index in [0.717, 1.165) is 11.1 Å². The van der Waals surface area contributed by atoms with Gasteiger partial charge in [0.15, 0.2) is 6.61 Å². The molecule has 2 aromatic rings. The van der Waals surface area contributed by atoms with E-state index < -0.39 is 0 Å². The summed E-state index contributed by atoms with van der Waals surface area (Å²) in [7, 11) is 0. The molecule has 0 radical (unpaired) electrons. The number of carbonyl (C=O) groups is 1. The van der Waals surface area contributed by atoms with Crippen LogP contribution < -0.4 is 15.9 Å². The molecule has 23 heavy (non-hydrogen) atoms. The topological polar surface area (TPSA) is 76.7 Å². The number of nitrogens with one attached hydrogen (secondary N) is 1. The third-order valence-corrected chi connectivity index (χ3v) is 3.38. The van der Waals surface area contributed by atoms with Crippen LogP contribution in [0.2, 0.25) is 5.02 Å². The average molecular weight is 332 g/mol.